The number of para-hydroxylation sites is 1. The fourth-order valence-electron chi connectivity index (χ4n) is 2.18. The predicted octanol–water partition coefficient (Wildman–Crippen LogP) is 4.59. The molecule has 3 rings (SSSR count). The summed E-state index contributed by atoms with van der Waals surface area (Å²) in [4.78, 5) is 2.88. The molecule has 22 heavy (non-hydrogen) atoms. The number of thiocarbonyl (C=S) groups is 1. The van der Waals surface area contributed by atoms with Crippen molar-refractivity contribution in [3.63, 3.8) is 0 Å². The maximum Gasteiger partial charge on any atom is 0.129 e. The average Bonchev–Trinajstić information content (AvgIpc) is 2.55. The van der Waals surface area contributed by atoms with Gasteiger partial charge in [-0.05, 0) is 30.3 Å². The second-order valence-electron chi connectivity index (χ2n) is 4.67. The van der Waals surface area contributed by atoms with Gasteiger partial charge in [0, 0.05) is 21.4 Å². The summed E-state index contributed by atoms with van der Waals surface area (Å²) < 4.78 is 10.7. The van der Waals surface area contributed by atoms with Gasteiger partial charge in [0.25, 0.3) is 0 Å². The first-order valence-electron chi connectivity index (χ1n) is 6.73. The number of methoxy groups -OCH3 is 2. The first-order valence-corrected chi connectivity index (χ1v) is 7.95. The lowest BCUT2D eigenvalue weighted by Gasteiger charge is -2.21. The minimum Gasteiger partial charge on any atom is -0.497 e. The van der Waals surface area contributed by atoms with Crippen molar-refractivity contribution in [1.29, 1.82) is 0 Å². The molecule has 112 valence electrons. The van der Waals surface area contributed by atoms with Crippen molar-refractivity contribution in [2.24, 2.45) is 0 Å². The van der Waals surface area contributed by atoms with E-state index in [9.17, 15) is 0 Å². The smallest absolute Gasteiger partial charge is 0.129 e. The van der Waals surface area contributed by atoms with E-state index in [2.05, 4.69) is 11.4 Å². The largest absolute Gasteiger partial charge is 0.497 e. The van der Waals surface area contributed by atoms with Crippen molar-refractivity contribution < 1.29 is 9.47 Å². The van der Waals surface area contributed by atoms with Gasteiger partial charge in [0.1, 0.15) is 16.5 Å². The Morgan fingerprint density at radius 3 is 2.68 bits per heavy atom. The maximum atomic E-state index is 5.46. The van der Waals surface area contributed by atoms with Crippen LogP contribution in [0, 0.1) is 0 Å². The summed E-state index contributed by atoms with van der Waals surface area (Å²) in [6, 6.07) is 13.9. The van der Waals surface area contributed by atoms with Gasteiger partial charge in [-0.3, -0.25) is 0 Å². The van der Waals surface area contributed by atoms with Crippen molar-refractivity contribution in [3.8, 4) is 11.5 Å². The maximum absolute atomic E-state index is 5.46. The molecule has 0 aliphatic carbocycles. The molecule has 0 saturated heterocycles. The zero-order valence-electron chi connectivity index (χ0n) is 12.3. The standard InChI is InChI=1S/C17H15NO2S2/c1-19-12-8-7-11(14(10-12)20-2)9-16-17(21)18-13-5-3-4-6-15(13)22-16/h3-10H,1-2H3,(H,18,21)/b16-9-. The molecular formula is C17H15NO2S2. The lowest BCUT2D eigenvalue weighted by molar-refractivity contribution is 0.394. The molecule has 5 heteroatoms. The first kappa shape index (κ1) is 14.9. The molecule has 0 radical (unpaired) electrons. The number of benzene rings is 2. The van der Waals surface area contributed by atoms with Crippen LogP contribution in [0.25, 0.3) is 6.08 Å². The molecule has 0 aromatic heterocycles. The highest BCUT2D eigenvalue weighted by Crippen LogP contribution is 2.40. The van der Waals surface area contributed by atoms with Gasteiger partial charge >= 0.3 is 0 Å². The van der Waals surface area contributed by atoms with Gasteiger partial charge in [-0.15, -0.1) is 0 Å². The van der Waals surface area contributed by atoms with Crippen molar-refractivity contribution in [3.05, 3.63) is 52.9 Å². The topological polar surface area (TPSA) is 30.5 Å². The lowest BCUT2D eigenvalue weighted by Crippen LogP contribution is -2.15. The number of ether oxygens (including phenoxy) is 2. The third kappa shape index (κ3) is 2.96. The quantitative estimate of drug-likeness (QED) is 0.657. The van der Waals surface area contributed by atoms with Crippen molar-refractivity contribution in [2.45, 2.75) is 4.90 Å². The Labute approximate surface area is 139 Å². The van der Waals surface area contributed by atoms with Gasteiger partial charge in [-0.2, -0.15) is 0 Å². The van der Waals surface area contributed by atoms with E-state index in [1.807, 2.05) is 42.5 Å². The summed E-state index contributed by atoms with van der Waals surface area (Å²) in [5.41, 5.74) is 2.02. The number of hydrogen-bond donors (Lipinski definition) is 1. The van der Waals surface area contributed by atoms with Gasteiger partial charge in [0.15, 0.2) is 0 Å². The van der Waals surface area contributed by atoms with E-state index < -0.39 is 0 Å². The second kappa shape index (κ2) is 6.42. The van der Waals surface area contributed by atoms with Crippen molar-refractivity contribution in [1.82, 2.24) is 0 Å². The minimum absolute atomic E-state index is 0.724. The van der Waals surface area contributed by atoms with Crippen LogP contribution >= 0.6 is 24.0 Å². The fourth-order valence-corrected chi connectivity index (χ4v) is 3.42. The molecule has 0 atom stereocenters. The molecule has 0 spiro atoms. The summed E-state index contributed by atoms with van der Waals surface area (Å²) in [5, 5.41) is 3.27. The first-order chi connectivity index (χ1) is 10.7. The number of hydrogen-bond acceptors (Lipinski definition) is 4. The zero-order chi connectivity index (χ0) is 15.5. The van der Waals surface area contributed by atoms with Gasteiger partial charge in [-0.1, -0.05) is 36.1 Å². The van der Waals surface area contributed by atoms with E-state index in [-0.39, 0.29) is 0 Å². The van der Waals surface area contributed by atoms with Crippen LogP contribution in [0.15, 0.2) is 52.3 Å². The van der Waals surface area contributed by atoms with E-state index in [0.29, 0.717) is 0 Å². The normalized spacial score (nSPS) is 15.2. The highest BCUT2D eigenvalue weighted by atomic mass is 32.2. The average molecular weight is 329 g/mol. The lowest BCUT2D eigenvalue weighted by atomic mass is 10.1. The van der Waals surface area contributed by atoms with E-state index >= 15 is 0 Å². The van der Waals surface area contributed by atoms with Gasteiger partial charge in [0.2, 0.25) is 0 Å². The summed E-state index contributed by atoms with van der Waals surface area (Å²) in [5.74, 6) is 1.52. The van der Waals surface area contributed by atoms with Crippen molar-refractivity contribution >= 4 is 40.7 Å². The molecule has 1 aliphatic heterocycles. The molecule has 0 amide bonds. The van der Waals surface area contributed by atoms with Crippen LogP contribution in [-0.2, 0) is 0 Å². The molecule has 0 saturated carbocycles. The summed E-state index contributed by atoms with van der Waals surface area (Å²) >= 11 is 7.12. The van der Waals surface area contributed by atoms with E-state index in [0.717, 1.165) is 37.5 Å². The predicted molar refractivity (Wildman–Crippen MR) is 96.0 cm³/mol. The van der Waals surface area contributed by atoms with Crippen LogP contribution in [0.2, 0.25) is 0 Å². The zero-order valence-corrected chi connectivity index (χ0v) is 13.9. The Bertz CT molecular complexity index is 756. The molecule has 2 aromatic carbocycles. The molecular weight excluding hydrogens is 314 g/mol. The Balaban J connectivity index is 1.97. The van der Waals surface area contributed by atoms with E-state index in [1.54, 1.807) is 26.0 Å². The van der Waals surface area contributed by atoms with Gasteiger partial charge in [-0.25, -0.2) is 0 Å². The van der Waals surface area contributed by atoms with Crippen LogP contribution in [0.4, 0.5) is 5.69 Å². The van der Waals surface area contributed by atoms with E-state index in [1.165, 1.54) is 0 Å². The molecule has 0 fully saturated rings. The monoisotopic (exact) mass is 329 g/mol. The number of fused-ring (bicyclic) bond motifs is 1. The van der Waals surface area contributed by atoms with Crippen LogP contribution in [-0.4, -0.2) is 19.2 Å². The third-order valence-electron chi connectivity index (χ3n) is 3.31. The number of nitrogens with one attached hydrogen (secondary N) is 1. The highest BCUT2D eigenvalue weighted by molar-refractivity contribution is 8.05. The van der Waals surface area contributed by atoms with E-state index in [4.69, 9.17) is 21.7 Å². The molecule has 0 bridgehead atoms. The Morgan fingerprint density at radius 2 is 1.91 bits per heavy atom. The molecule has 2 aromatic rings. The van der Waals surface area contributed by atoms with Gasteiger partial charge in [0.05, 0.1) is 19.9 Å². The van der Waals surface area contributed by atoms with Gasteiger partial charge < -0.3 is 14.8 Å². The van der Waals surface area contributed by atoms with Crippen molar-refractivity contribution in [2.75, 3.05) is 19.5 Å². The number of rotatable bonds is 3. The molecule has 1 N–H and O–H groups in total. The summed E-state index contributed by atoms with van der Waals surface area (Å²) in [6.07, 6.45) is 2.04. The fraction of sp³-hybridized carbons (Fsp3) is 0.118. The van der Waals surface area contributed by atoms with Crippen LogP contribution in [0.3, 0.4) is 0 Å². The Hall–Kier alpha value is -1.98. The summed E-state index contributed by atoms with van der Waals surface area (Å²) in [6.45, 7) is 0. The Kier molecular flexibility index (Phi) is 4.36. The number of thioether (sulfide) groups is 1. The second-order valence-corrected chi connectivity index (χ2v) is 6.16. The summed E-state index contributed by atoms with van der Waals surface area (Å²) in [7, 11) is 3.29. The Morgan fingerprint density at radius 1 is 1.09 bits per heavy atom. The van der Waals surface area contributed by atoms with Crippen LogP contribution < -0.4 is 14.8 Å². The highest BCUT2D eigenvalue weighted by Gasteiger charge is 2.18. The molecule has 1 heterocycles. The van der Waals surface area contributed by atoms with Crippen LogP contribution in [0.5, 0.6) is 11.5 Å². The van der Waals surface area contributed by atoms with Crippen LogP contribution in [0.1, 0.15) is 5.56 Å². The third-order valence-corrected chi connectivity index (χ3v) is 4.88. The molecule has 0 unspecified atom stereocenters. The molecule has 3 nitrogen and oxygen atoms in total. The minimum atomic E-state index is 0.724. The SMILES string of the molecule is COc1ccc(/C=C2\Sc3ccccc3NC2=S)c(OC)c1. The number of anilines is 1. The molecule has 1 aliphatic rings.